The van der Waals surface area contributed by atoms with Crippen molar-refractivity contribution in [2.75, 3.05) is 26.7 Å². The number of nitrogens with one attached hydrogen (secondary N) is 1. The summed E-state index contributed by atoms with van der Waals surface area (Å²) in [6.45, 7) is 2.49. The molecule has 11 heteroatoms. The Morgan fingerprint density at radius 3 is 2.62 bits per heavy atom. The largest absolute Gasteiger partial charge is 0.494 e. The van der Waals surface area contributed by atoms with E-state index in [0.717, 1.165) is 0 Å². The fourth-order valence-electron chi connectivity index (χ4n) is 4.63. The minimum atomic E-state index is -0.687. The van der Waals surface area contributed by atoms with E-state index in [4.69, 9.17) is 4.74 Å². The Hall–Kier alpha value is -4.51. The zero-order valence-electron chi connectivity index (χ0n) is 20.4. The summed E-state index contributed by atoms with van der Waals surface area (Å²) in [5.74, 6) is -0.717. The smallest absolute Gasteiger partial charge is 0.295 e. The molecule has 0 saturated carbocycles. The fraction of sp³-hybridized carbons (Fsp3) is 0.269. The van der Waals surface area contributed by atoms with Gasteiger partial charge in [-0.2, -0.15) is 5.10 Å². The maximum Gasteiger partial charge on any atom is 0.295 e. The molecule has 4 heterocycles. The third-order valence-electron chi connectivity index (χ3n) is 6.53. The molecule has 1 aromatic carbocycles. The van der Waals surface area contributed by atoms with Crippen LogP contribution < -0.4 is 4.74 Å². The lowest BCUT2D eigenvalue weighted by Crippen LogP contribution is -2.56. The number of aromatic nitrogens is 4. The van der Waals surface area contributed by atoms with Crippen LogP contribution in [0.1, 0.15) is 33.3 Å². The normalized spacial score (nSPS) is 15.7. The van der Waals surface area contributed by atoms with E-state index in [9.17, 15) is 19.5 Å². The number of rotatable bonds is 6. The van der Waals surface area contributed by atoms with Crippen molar-refractivity contribution in [3.8, 4) is 11.6 Å². The van der Waals surface area contributed by atoms with Crippen LogP contribution in [-0.4, -0.2) is 85.0 Å². The Morgan fingerprint density at radius 2 is 1.95 bits per heavy atom. The van der Waals surface area contributed by atoms with Gasteiger partial charge in [0, 0.05) is 43.6 Å². The number of carbonyl (C=O) groups excluding carboxylic acids is 3. The molecule has 1 saturated heterocycles. The van der Waals surface area contributed by atoms with Crippen LogP contribution in [0.2, 0.25) is 0 Å². The van der Waals surface area contributed by atoms with Crippen LogP contribution in [0.3, 0.4) is 0 Å². The number of amides is 2. The molecule has 3 aromatic heterocycles. The van der Waals surface area contributed by atoms with E-state index >= 15 is 0 Å². The molecule has 1 atom stereocenters. The SMILES string of the molecule is COc1cnc(-n2ccc(CO)n2)c2[nH]cc(C(=O)C(=O)N3CCN(C(=O)c4ccccc4)C[C@H]3C)c12. The van der Waals surface area contributed by atoms with Gasteiger partial charge in [0.25, 0.3) is 17.6 Å². The van der Waals surface area contributed by atoms with Crippen LogP contribution in [0.5, 0.6) is 5.75 Å². The molecule has 1 fully saturated rings. The average molecular weight is 503 g/mol. The average Bonchev–Trinajstić information content (AvgIpc) is 3.60. The molecule has 0 bridgehead atoms. The van der Waals surface area contributed by atoms with Crippen LogP contribution in [-0.2, 0) is 11.4 Å². The van der Waals surface area contributed by atoms with Crippen molar-refractivity contribution in [3.05, 3.63) is 71.8 Å². The lowest BCUT2D eigenvalue weighted by atomic mass is 10.1. The Labute approximate surface area is 212 Å². The first-order valence-electron chi connectivity index (χ1n) is 11.8. The van der Waals surface area contributed by atoms with Gasteiger partial charge in [0.1, 0.15) is 5.75 Å². The molecule has 1 aliphatic rings. The third kappa shape index (κ3) is 4.33. The first-order valence-corrected chi connectivity index (χ1v) is 11.8. The quantitative estimate of drug-likeness (QED) is 0.303. The number of ketones is 1. The van der Waals surface area contributed by atoms with Crippen LogP contribution in [0.15, 0.2) is 55.0 Å². The summed E-state index contributed by atoms with van der Waals surface area (Å²) in [6.07, 6.45) is 4.57. The zero-order valence-corrected chi connectivity index (χ0v) is 20.4. The molecule has 0 radical (unpaired) electrons. The van der Waals surface area contributed by atoms with E-state index in [1.165, 1.54) is 29.1 Å². The molecule has 5 rings (SSSR count). The predicted molar refractivity (Wildman–Crippen MR) is 134 cm³/mol. The fourth-order valence-corrected chi connectivity index (χ4v) is 4.63. The van der Waals surface area contributed by atoms with E-state index in [2.05, 4.69) is 15.1 Å². The second-order valence-electron chi connectivity index (χ2n) is 8.81. The third-order valence-corrected chi connectivity index (χ3v) is 6.53. The van der Waals surface area contributed by atoms with Gasteiger partial charge in [-0.25, -0.2) is 9.67 Å². The topological polar surface area (TPSA) is 134 Å². The van der Waals surface area contributed by atoms with Crippen molar-refractivity contribution in [2.24, 2.45) is 0 Å². The molecular weight excluding hydrogens is 476 g/mol. The Bertz CT molecular complexity index is 1480. The summed E-state index contributed by atoms with van der Waals surface area (Å²) in [5.41, 5.74) is 1.67. The molecule has 0 aliphatic carbocycles. The minimum Gasteiger partial charge on any atom is -0.494 e. The summed E-state index contributed by atoms with van der Waals surface area (Å²) in [4.78, 5) is 50.3. The predicted octanol–water partition coefficient (Wildman–Crippen LogP) is 1.81. The van der Waals surface area contributed by atoms with Crippen molar-refractivity contribution in [1.82, 2.24) is 29.5 Å². The molecule has 11 nitrogen and oxygen atoms in total. The Morgan fingerprint density at radius 1 is 1.16 bits per heavy atom. The maximum absolute atomic E-state index is 13.4. The molecule has 0 spiro atoms. The molecule has 37 heavy (non-hydrogen) atoms. The number of ether oxygens (including phenoxy) is 1. The van der Waals surface area contributed by atoms with Crippen molar-refractivity contribution in [2.45, 2.75) is 19.6 Å². The number of piperazine rings is 1. The van der Waals surface area contributed by atoms with Crippen LogP contribution in [0, 0.1) is 0 Å². The van der Waals surface area contributed by atoms with Crippen molar-refractivity contribution in [3.63, 3.8) is 0 Å². The summed E-state index contributed by atoms with van der Waals surface area (Å²) in [6, 6.07) is 10.3. The molecule has 1 aliphatic heterocycles. The van der Waals surface area contributed by atoms with Crippen molar-refractivity contribution < 1.29 is 24.2 Å². The molecule has 0 unspecified atom stereocenters. The second kappa shape index (κ2) is 9.86. The number of methoxy groups -OCH3 is 1. The number of benzene rings is 1. The monoisotopic (exact) mass is 502 g/mol. The number of aliphatic hydroxyl groups excluding tert-OH is 1. The van der Waals surface area contributed by atoms with Gasteiger partial charge in [-0.3, -0.25) is 14.4 Å². The number of aliphatic hydroxyl groups is 1. The summed E-state index contributed by atoms with van der Waals surface area (Å²) < 4.78 is 6.93. The first-order chi connectivity index (χ1) is 17.9. The molecule has 2 N–H and O–H groups in total. The van der Waals surface area contributed by atoms with Gasteiger partial charge in [0.05, 0.1) is 42.1 Å². The van der Waals surface area contributed by atoms with Gasteiger partial charge < -0.3 is 24.6 Å². The molecular formula is C26H26N6O5. The number of aromatic amines is 1. The van der Waals surface area contributed by atoms with E-state index in [-0.39, 0.29) is 30.7 Å². The first kappa shape index (κ1) is 24.2. The van der Waals surface area contributed by atoms with E-state index in [0.29, 0.717) is 46.8 Å². The highest BCUT2D eigenvalue weighted by Crippen LogP contribution is 2.32. The highest BCUT2D eigenvalue weighted by Gasteiger charge is 2.35. The minimum absolute atomic E-state index is 0.102. The van der Waals surface area contributed by atoms with Crippen LogP contribution in [0.4, 0.5) is 0 Å². The number of nitrogens with zero attached hydrogens (tertiary/aromatic N) is 5. The number of pyridine rings is 1. The van der Waals surface area contributed by atoms with Gasteiger partial charge in [-0.15, -0.1) is 0 Å². The van der Waals surface area contributed by atoms with Gasteiger partial charge in [-0.1, -0.05) is 18.2 Å². The molecule has 2 amide bonds. The summed E-state index contributed by atoms with van der Waals surface area (Å²) in [5, 5.41) is 14.0. The van der Waals surface area contributed by atoms with Gasteiger partial charge in [-0.05, 0) is 25.1 Å². The Balaban J connectivity index is 1.40. The maximum atomic E-state index is 13.4. The van der Waals surface area contributed by atoms with Crippen LogP contribution >= 0.6 is 0 Å². The second-order valence-corrected chi connectivity index (χ2v) is 8.81. The number of hydrogen-bond acceptors (Lipinski definition) is 7. The van der Waals surface area contributed by atoms with Crippen LogP contribution in [0.25, 0.3) is 16.7 Å². The number of Topliss-reactive ketones (excluding diaryl/α,β-unsaturated/α-hetero) is 1. The summed E-state index contributed by atoms with van der Waals surface area (Å²) in [7, 11) is 1.46. The highest BCUT2D eigenvalue weighted by atomic mass is 16.5. The summed E-state index contributed by atoms with van der Waals surface area (Å²) >= 11 is 0. The number of fused-ring (bicyclic) bond motifs is 1. The van der Waals surface area contributed by atoms with E-state index < -0.39 is 11.7 Å². The number of hydrogen-bond donors (Lipinski definition) is 2. The van der Waals surface area contributed by atoms with Crippen molar-refractivity contribution in [1.29, 1.82) is 0 Å². The van der Waals surface area contributed by atoms with Gasteiger partial charge in [0.2, 0.25) is 0 Å². The standard InChI is InChI=1S/C26H26N6O5/c1-16-14-30(25(35)17-6-4-3-5-7-17)10-11-31(16)26(36)23(34)19-12-27-22-21(19)20(37-2)13-28-24(22)32-9-8-18(15-33)29-32/h3-9,12-13,16,27,33H,10-11,14-15H2,1-2H3/t16-/m1/s1. The lowest BCUT2D eigenvalue weighted by Gasteiger charge is -2.39. The lowest BCUT2D eigenvalue weighted by molar-refractivity contribution is -0.130. The zero-order chi connectivity index (χ0) is 26.1. The van der Waals surface area contributed by atoms with E-state index in [1.807, 2.05) is 25.1 Å². The van der Waals surface area contributed by atoms with Gasteiger partial charge in [0.15, 0.2) is 5.82 Å². The van der Waals surface area contributed by atoms with Crippen molar-refractivity contribution >= 4 is 28.5 Å². The number of H-pyrrole nitrogens is 1. The van der Waals surface area contributed by atoms with Gasteiger partial charge >= 0.3 is 0 Å². The molecule has 4 aromatic rings. The highest BCUT2D eigenvalue weighted by molar-refractivity contribution is 6.45. The number of carbonyl (C=O) groups is 3. The van der Waals surface area contributed by atoms with E-state index in [1.54, 1.807) is 29.3 Å². The molecule has 190 valence electrons. The Kier molecular flexibility index (Phi) is 6.45.